The third-order valence-electron chi connectivity index (χ3n) is 3.92. The Kier molecular flexibility index (Phi) is 4.73. The van der Waals surface area contributed by atoms with Crippen LogP contribution in [0.4, 0.5) is 10.1 Å². The molecule has 0 spiro atoms. The molecule has 0 saturated carbocycles. The van der Waals surface area contributed by atoms with E-state index in [9.17, 15) is 9.18 Å². The molecule has 1 fully saturated rings. The van der Waals surface area contributed by atoms with Crippen molar-refractivity contribution in [1.82, 2.24) is 4.90 Å². The van der Waals surface area contributed by atoms with Crippen LogP contribution < -0.4 is 11.1 Å². The molecule has 1 heterocycles. The summed E-state index contributed by atoms with van der Waals surface area (Å²) in [6.45, 7) is 5.74. The van der Waals surface area contributed by atoms with Gasteiger partial charge in [0.1, 0.15) is 5.82 Å². The number of nitrogens with one attached hydrogen (secondary N) is 1. The van der Waals surface area contributed by atoms with Gasteiger partial charge in [0, 0.05) is 18.3 Å². The normalized spacial score (nSPS) is 23.6. The van der Waals surface area contributed by atoms with E-state index in [4.69, 9.17) is 5.73 Å². The molecule has 0 aromatic heterocycles. The molecular formula is C15H22FN3O. The molecule has 5 heteroatoms. The van der Waals surface area contributed by atoms with E-state index in [2.05, 4.69) is 12.2 Å². The van der Waals surface area contributed by atoms with Crippen LogP contribution in [0.15, 0.2) is 18.2 Å². The van der Waals surface area contributed by atoms with Gasteiger partial charge in [0.15, 0.2) is 0 Å². The number of anilines is 1. The predicted molar refractivity (Wildman–Crippen MR) is 78.0 cm³/mol. The molecular weight excluding hydrogens is 257 g/mol. The fourth-order valence-corrected chi connectivity index (χ4v) is 2.39. The summed E-state index contributed by atoms with van der Waals surface area (Å²) in [7, 11) is 0. The number of halogens is 1. The van der Waals surface area contributed by atoms with Crippen molar-refractivity contribution < 1.29 is 9.18 Å². The van der Waals surface area contributed by atoms with E-state index in [1.54, 1.807) is 19.1 Å². The van der Waals surface area contributed by atoms with Gasteiger partial charge in [-0.2, -0.15) is 0 Å². The maximum Gasteiger partial charge on any atom is 0.238 e. The lowest BCUT2D eigenvalue weighted by Crippen LogP contribution is -2.49. The lowest BCUT2D eigenvalue weighted by molar-refractivity contribution is -0.117. The summed E-state index contributed by atoms with van der Waals surface area (Å²) >= 11 is 0. The molecule has 20 heavy (non-hydrogen) atoms. The number of likely N-dealkylation sites (tertiary alicyclic amines) is 1. The molecule has 1 aromatic carbocycles. The number of rotatable bonds is 3. The SMILES string of the molecule is Cc1ccc(NC(=O)CN2CCC(C)C(N)C2)cc1F. The second kappa shape index (κ2) is 6.33. The van der Waals surface area contributed by atoms with Gasteiger partial charge in [-0.25, -0.2) is 4.39 Å². The van der Waals surface area contributed by atoms with Crippen molar-refractivity contribution in [1.29, 1.82) is 0 Å². The lowest BCUT2D eigenvalue weighted by Gasteiger charge is -2.34. The minimum Gasteiger partial charge on any atom is -0.326 e. The van der Waals surface area contributed by atoms with E-state index in [1.807, 2.05) is 4.90 Å². The maximum atomic E-state index is 13.4. The Labute approximate surface area is 119 Å². The number of benzene rings is 1. The Morgan fingerprint density at radius 2 is 2.30 bits per heavy atom. The fraction of sp³-hybridized carbons (Fsp3) is 0.533. The van der Waals surface area contributed by atoms with Crippen molar-refractivity contribution in [3.63, 3.8) is 0 Å². The molecule has 0 aliphatic carbocycles. The molecule has 2 unspecified atom stereocenters. The average molecular weight is 279 g/mol. The van der Waals surface area contributed by atoms with Gasteiger partial charge in [-0.1, -0.05) is 13.0 Å². The molecule has 1 aromatic rings. The van der Waals surface area contributed by atoms with Crippen LogP contribution in [-0.4, -0.2) is 36.5 Å². The van der Waals surface area contributed by atoms with E-state index >= 15 is 0 Å². The number of hydrogen-bond donors (Lipinski definition) is 2. The Balaban J connectivity index is 1.87. The Bertz CT molecular complexity index is 492. The first kappa shape index (κ1) is 14.9. The first-order chi connectivity index (χ1) is 9.45. The highest BCUT2D eigenvalue weighted by Gasteiger charge is 2.24. The first-order valence-corrected chi connectivity index (χ1v) is 6.99. The molecule has 2 atom stereocenters. The molecule has 0 radical (unpaired) electrons. The minimum atomic E-state index is -0.309. The van der Waals surface area contributed by atoms with Crippen LogP contribution in [0.3, 0.4) is 0 Å². The van der Waals surface area contributed by atoms with E-state index < -0.39 is 0 Å². The molecule has 4 nitrogen and oxygen atoms in total. The van der Waals surface area contributed by atoms with Crippen molar-refractivity contribution in [2.45, 2.75) is 26.3 Å². The third kappa shape index (κ3) is 3.77. The first-order valence-electron chi connectivity index (χ1n) is 6.99. The zero-order valence-electron chi connectivity index (χ0n) is 12.0. The number of hydrogen-bond acceptors (Lipinski definition) is 3. The second-order valence-electron chi connectivity index (χ2n) is 5.68. The van der Waals surface area contributed by atoms with Crippen LogP contribution in [0.1, 0.15) is 18.9 Å². The van der Waals surface area contributed by atoms with Crippen molar-refractivity contribution in [2.24, 2.45) is 11.7 Å². The quantitative estimate of drug-likeness (QED) is 0.886. The highest BCUT2D eigenvalue weighted by Crippen LogP contribution is 2.16. The van der Waals surface area contributed by atoms with Gasteiger partial charge >= 0.3 is 0 Å². The second-order valence-corrected chi connectivity index (χ2v) is 5.68. The Hall–Kier alpha value is -1.46. The molecule has 1 amide bonds. The minimum absolute atomic E-state index is 0.119. The summed E-state index contributed by atoms with van der Waals surface area (Å²) in [6, 6.07) is 4.83. The topological polar surface area (TPSA) is 58.4 Å². The van der Waals surface area contributed by atoms with Gasteiger partial charge < -0.3 is 11.1 Å². The summed E-state index contributed by atoms with van der Waals surface area (Å²) in [5, 5.41) is 2.72. The van der Waals surface area contributed by atoms with Gasteiger partial charge in [0.25, 0.3) is 0 Å². The summed E-state index contributed by atoms with van der Waals surface area (Å²) in [6.07, 6.45) is 1.01. The number of nitrogens with two attached hydrogens (primary N) is 1. The molecule has 3 N–H and O–H groups in total. The highest BCUT2D eigenvalue weighted by molar-refractivity contribution is 5.92. The van der Waals surface area contributed by atoms with Gasteiger partial charge in [0.05, 0.1) is 6.54 Å². The molecule has 0 bridgehead atoms. The Morgan fingerprint density at radius 3 is 2.95 bits per heavy atom. The average Bonchev–Trinajstić information content (AvgIpc) is 2.38. The third-order valence-corrected chi connectivity index (χ3v) is 3.92. The largest absolute Gasteiger partial charge is 0.326 e. The van der Waals surface area contributed by atoms with Crippen molar-refractivity contribution in [3.05, 3.63) is 29.6 Å². The number of piperidine rings is 1. The number of amides is 1. The number of carbonyl (C=O) groups is 1. The zero-order valence-corrected chi connectivity index (χ0v) is 12.0. The van der Waals surface area contributed by atoms with E-state index in [-0.39, 0.29) is 17.8 Å². The Morgan fingerprint density at radius 1 is 1.55 bits per heavy atom. The summed E-state index contributed by atoms with van der Waals surface area (Å²) < 4.78 is 13.4. The van der Waals surface area contributed by atoms with Crippen LogP contribution in [-0.2, 0) is 4.79 Å². The summed E-state index contributed by atoms with van der Waals surface area (Å²) in [4.78, 5) is 14.0. The standard InChI is InChI=1S/C15H22FN3O/c1-10-3-4-12(7-13(10)16)18-15(20)9-19-6-5-11(2)14(17)8-19/h3-4,7,11,14H,5-6,8-9,17H2,1-2H3,(H,18,20). The molecule has 1 aliphatic heterocycles. The maximum absolute atomic E-state index is 13.4. The lowest BCUT2D eigenvalue weighted by atomic mass is 9.94. The van der Waals surface area contributed by atoms with E-state index in [0.717, 1.165) is 19.5 Å². The number of nitrogens with zero attached hydrogens (tertiary/aromatic N) is 1. The summed E-state index contributed by atoms with van der Waals surface area (Å²) in [5.41, 5.74) is 7.07. The predicted octanol–water partition coefficient (Wildman–Crippen LogP) is 1.74. The molecule has 1 aliphatic rings. The zero-order chi connectivity index (χ0) is 14.7. The smallest absolute Gasteiger partial charge is 0.238 e. The van der Waals surface area contributed by atoms with Crippen molar-refractivity contribution in [3.8, 4) is 0 Å². The van der Waals surface area contributed by atoms with Gasteiger partial charge in [-0.3, -0.25) is 9.69 Å². The van der Waals surface area contributed by atoms with Crippen molar-refractivity contribution >= 4 is 11.6 Å². The highest BCUT2D eigenvalue weighted by atomic mass is 19.1. The van der Waals surface area contributed by atoms with Crippen molar-refractivity contribution in [2.75, 3.05) is 25.0 Å². The van der Waals surface area contributed by atoms with Crippen LogP contribution in [0.25, 0.3) is 0 Å². The molecule has 1 saturated heterocycles. The number of carbonyl (C=O) groups excluding carboxylic acids is 1. The van der Waals surface area contributed by atoms with Gasteiger partial charge in [-0.15, -0.1) is 0 Å². The fourth-order valence-electron chi connectivity index (χ4n) is 2.39. The summed E-state index contributed by atoms with van der Waals surface area (Å²) in [5.74, 6) is 0.0622. The van der Waals surface area contributed by atoms with Crippen LogP contribution in [0.2, 0.25) is 0 Å². The van der Waals surface area contributed by atoms with E-state index in [0.29, 0.717) is 23.7 Å². The molecule has 110 valence electrons. The van der Waals surface area contributed by atoms with Crippen LogP contribution in [0, 0.1) is 18.7 Å². The molecule has 2 rings (SSSR count). The van der Waals surface area contributed by atoms with Gasteiger partial charge in [0.2, 0.25) is 5.91 Å². The monoisotopic (exact) mass is 279 g/mol. The van der Waals surface area contributed by atoms with Gasteiger partial charge in [-0.05, 0) is 43.5 Å². The van der Waals surface area contributed by atoms with Crippen LogP contribution in [0.5, 0.6) is 0 Å². The van der Waals surface area contributed by atoms with Crippen LogP contribution >= 0.6 is 0 Å². The van der Waals surface area contributed by atoms with E-state index in [1.165, 1.54) is 6.07 Å². The number of aryl methyl sites for hydroxylation is 1.